The van der Waals surface area contributed by atoms with Crippen LogP contribution < -0.4 is 14.8 Å². The second-order valence-electron chi connectivity index (χ2n) is 6.64. The predicted octanol–water partition coefficient (Wildman–Crippen LogP) is 1.37. The van der Waals surface area contributed by atoms with Crippen LogP contribution in [0.4, 0.5) is 0 Å². The number of methoxy groups -OCH3 is 1. The largest absolute Gasteiger partial charge is 0.497 e. The summed E-state index contributed by atoms with van der Waals surface area (Å²) in [6, 6.07) is 7.19. The molecule has 3 rings (SSSR count). The van der Waals surface area contributed by atoms with E-state index in [1.165, 1.54) is 0 Å². The molecule has 2 aliphatic rings. The highest BCUT2D eigenvalue weighted by atomic mass is 16.5. The summed E-state index contributed by atoms with van der Waals surface area (Å²) >= 11 is 0. The molecule has 1 aromatic carbocycles. The van der Waals surface area contributed by atoms with Crippen LogP contribution in [0.2, 0.25) is 0 Å². The summed E-state index contributed by atoms with van der Waals surface area (Å²) in [7, 11) is 1.58. The Morgan fingerprint density at radius 3 is 2.46 bits per heavy atom. The van der Waals surface area contributed by atoms with Gasteiger partial charge in [-0.2, -0.15) is 0 Å². The maximum absolute atomic E-state index is 12.3. The number of imide groups is 1. The van der Waals surface area contributed by atoms with Gasteiger partial charge in [-0.15, -0.1) is 0 Å². The fraction of sp³-hybridized carbons (Fsp3) is 0.526. The number of likely N-dealkylation sites (tertiary alicyclic amines) is 1. The van der Waals surface area contributed by atoms with Crippen molar-refractivity contribution < 1.29 is 23.9 Å². The van der Waals surface area contributed by atoms with Crippen LogP contribution in [0.5, 0.6) is 11.5 Å². The topological polar surface area (TPSA) is 84.9 Å². The van der Waals surface area contributed by atoms with E-state index in [1.54, 1.807) is 19.2 Å². The van der Waals surface area contributed by atoms with Crippen molar-refractivity contribution in [2.24, 2.45) is 11.8 Å². The standard InChI is InChI=1S/C19H24N2O5/c1-25-13-5-4-6-14(11-13)26-10-9-20-17(22)12-21-18(23)15-7-2-3-8-16(15)19(21)24/h4-6,11,15-16H,2-3,7-10,12H2,1H3,(H,20,22)/t15-,16-/m0/s1. The molecule has 1 saturated carbocycles. The fourth-order valence-electron chi connectivity index (χ4n) is 3.64. The number of fused-ring (bicyclic) bond motifs is 1. The lowest BCUT2D eigenvalue weighted by Crippen LogP contribution is -2.42. The molecule has 1 aromatic rings. The number of nitrogens with zero attached hydrogens (tertiary/aromatic N) is 1. The first kappa shape index (κ1) is 18.2. The number of rotatable bonds is 7. The molecule has 1 heterocycles. The Morgan fingerprint density at radius 1 is 1.15 bits per heavy atom. The predicted molar refractivity (Wildman–Crippen MR) is 93.7 cm³/mol. The number of nitrogens with one attached hydrogen (secondary N) is 1. The van der Waals surface area contributed by atoms with E-state index in [4.69, 9.17) is 9.47 Å². The molecule has 0 unspecified atom stereocenters. The lowest BCUT2D eigenvalue weighted by atomic mass is 9.81. The van der Waals surface area contributed by atoms with E-state index >= 15 is 0 Å². The quantitative estimate of drug-likeness (QED) is 0.586. The van der Waals surface area contributed by atoms with Crippen LogP contribution in [0.1, 0.15) is 25.7 Å². The molecule has 26 heavy (non-hydrogen) atoms. The van der Waals surface area contributed by atoms with Crippen LogP contribution in [0.15, 0.2) is 24.3 Å². The molecule has 0 spiro atoms. The van der Waals surface area contributed by atoms with Gasteiger partial charge in [-0.25, -0.2) is 0 Å². The second kappa shape index (κ2) is 8.21. The van der Waals surface area contributed by atoms with E-state index in [9.17, 15) is 14.4 Å². The van der Waals surface area contributed by atoms with Crippen molar-refractivity contribution in [3.05, 3.63) is 24.3 Å². The number of ether oxygens (including phenoxy) is 2. The number of hydrogen-bond donors (Lipinski definition) is 1. The summed E-state index contributed by atoms with van der Waals surface area (Å²) in [5, 5.41) is 2.69. The Kier molecular flexibility index (Phi) is 5.75. The molecule has 1 saturated heterocycles. The lowest BCUT2D eigenvalue weighted by molar-refractivity contribution is -0.143. The molecule has 140 valence electrons. The van der Waals surface area contributed by atoms with Crippen molar-refractivity contribution in [2.75, 3.05) is 26.8 Å². The van der Waals surface area contributed by atoms with E-state index < -0.39 is 0 Å². The van der Waals surface area contributed by atoms with Gasteiger partial charge in [-0.1, -0.05) is 18.9 Å². The van der Waals surface area contributed by atoms with E-state index in [0.717, 1.165) is 30.6 Å². The fourth-order valence-corrected chi connectivity index (χ4v) is 3.64. The van der Waals surface area contributed by atoms with Crippen molar-refractivity contribution in [3.63, 3.8) is 0 Å². The lowest BCUT2D eigenvalue weighted by Gasteiger charge is -2.19. The van der Waals surface area contributed by atoms with E-state index in [0.29, 0.717) is 18.0 Å². The monoisotopic (exact) mass is 360 g/mol. The van der Waals surface area contributed by atoms with Crippen molar-refractivity contribution in [1.82, 2.24) is 10.2 Å². The summed E-state index contributed by atoms with van der Waals surface area (Å²) in [6.45, 7) is 0.370. The van der Waals surface area contributed by atoms with E-state index in [-0.39, 0.29) is 42.7 Å². The third kappa shape index (κ3) is 3.98. The van der Waals surface area contributed by atoms with Gasteiger partial charge in [0.05, 0.1) is 25.5 Å². The van der Waals surface area contributed by atoms with Gasteiger partial charge >= 0.3 is 0 Å². The highest BCUT2D eigenvalue weighted by molar-refractivity contribution is 6.07. The minimum atomic E-state index is -0.348. The Morgan fingerprint density at radius 2 is 1.81 bits per heavy atom. The van der Waals surface area contributed by atoms with Crippen molar-refractivity contribution in [2.45, 2.75) is 25.7 Å². The molecule has 7 heteroatoms. The zero-order valence-electron chi connectivity index (χ0n) is 14.9. The zero-order chi connectivity index (χ0) is 18.5. The Hall–Kier alpha value is -2.57. The molecule has 0 radical (unpaired) electrons. The molecular formula is C19H24N2O5. The molecule has 2 fully saturated rings. The van der Waals surface area contributed by atoms with Crippen LogP contribution in [-0.4, -0.2) is 49.4 Å². The number of benzene rings is 1. The van der Waals surface area contributed by atoms with Gasteiger partial charge < -0.3 is 14.8 Å². The smallest absolute Gasteiger partial charge is 0.240 e. The Balaban J connectivity index is 1.42. The van der Waals surface area contributed by atoms with Gasteiger partial charge in [0.15, 0.2) is 0 Å². The van der Waals surface area contributed by atoms with Gasteiger partial charge in [-0.3, -0.25) is 19.3 Å². The Bertz CT molecular complexity index is 666. The summed E-state index contributed by atoms with van der Waals surface area (Å²) < 4.78 is 10.7. The van der Waals surface area contributed by atoms with Crippen molar-refractivity contribution in [3.8, 4) is 11.5 Å². The molecule has 7 nitrogen and oxygen atoms in total. The maximum Gasteiger partial charge on any atom is 0.240 e. The molecular weight excluding hydrogens is 336 g/mol. The molecule has 1 aliphatic carbocycles. The maximum atomic E-state index is 12.3. The highest BCUT2D eigenvalue weighted by Gasteiger charge is 2.48. The number of amides is 3. The minimum absolute atomic E-state index is 0.192. The minimum Gasteiger partial charge on any atom is -0.497 e. The summed E-state index contributed by atoms with van der Waals surface area (Å²) in [6.07, 6.45) is 3.45. The van der Waals surface area contributed by atoms with Crippen molar-refractivity contribution in [1.29, 1.82) is 0 Å². The SMILES string of the molecule is COc1cccc(OCCNC(=O)CN2C(=O)[C@H]3CCCC[C@@H]3C2=O)c1. The van der Waals surface area contributed by atoms with Crippen LogP contribution in [-0.2, 0) is 14.4 Å². The third-order valence-electron chi connectivity index (χ3n) is 4.97. The van der Waals surface area contributed by atoms with Gasteiger partial charge in [0, 0.05) is 6.07 Å². The molecule has 0 bridgehead atoms. The van der Waals surface area contributed by atoms with E-state index in [1.807, 2.05) is 12.1 Å². The molecule has 2 atom stereocenters. The second-order valence-corrected chi connectivity index (χ2v) is 6.64. The molecule has 0 aromatic heterocycles. The van der Waals surface area contributed by atoms with Crippen LogP contribution in [0, 0.1) is 11.8 Å². The first-order valence-corrected chi connectivity index (χ1v) is 8.99. The van der Waals surface area contributed by atoms with Crippen molar-refractivity contribution >= 4 is 17.7 Å². The van der Waals surface area contributed by atoms with Crippen LogP contribution in [0.25, 0.3) is 0 Å². The summed E-state index contributed by atoms with van der Waals surface area (Å²) in [5.74, 6) is 0.164. The zero-order valence-corrected chi connectivity index (χ0v) is 14.9. The normalized spacial score (nSPS) is 22.1. The van der Waals surface area contributed by atoms with Gasteiger partial charge in [0.2, 0.25) is 17.7 Å². The van der Waals surface area contributed by atoms with E-state index in [2.05, 4.69) is 5.32 Å². The van der Waals surface area contributed by atoms with Gasteiger partial charge in [0.1, 0.15) is 24.7 Å². The summed E-state index contributed by atoms with van der Waals surface area (Å²) in [4.78, 5) is 37.9. The van der Waals surface area contributed by atoms with Gasteiger partial charge in [-0.05, 0) is 25.0 Å². The molecule has 3 amide bonds. The summed E-state index contributed by atoms with van der Waals surface area (Å²) in [5.41, 5.74) is 0. The number of carbonyl (C=O) groups excluding carboxylic acids is 3. The molecule has 1 aliphatic heterocycles. The molecule has 1 N–H and O–H groups in total. The first-order chi connectivity index (χ1) is 12.6. The third-order valence-corrected chi connectivity index (χ3v) is 4.97. The number of hydrogen-bond acceptors (Lipinski definition) is 5. The average molecular weight is 360 g/mol. The number of carbonyl (C=O) groups is 3. The van der Waals surface area contributed by atoms with Gasteiger partial charge in [0.25, 0.3) is 0 Å². The Labute approximate surface area is 152 Å². The average Bonchev–Trinajstić information content (AvgIpc) is 2.91. The highest BCUT2D eigenvalue weighted by Crippen LogP contribution is 2.37. The van der Waals surface area contributed by atoms with Crippen LogP contribution in [0.3, 0.4) is 0 Å². The first-order valence-electron chi connectivity index (χ1n) is 8.99. The van der Waals surface area contributed by atoms with Crippen LogP contribution >= 0.6 is 0 Å².